The summed E-state index contributed by atoms with van der Waals surface area (Å²) < 4.78 is 13.0. The van der Waals surface area contributed by atoms with Crippen LogP contribution in [0.5, 0.6) is 5.75 Å². The van der Waals surface area contributed by atoms with E-state index in [9.17, 15) is 0 Å². The van der Waals surface area contributed by atoms with Crippen LogP contribution in [0, 0.1) is 0 Å². The van der Waals surface area contributed by atoms with E-state index in [-0.39, 0.29) is 0 Å². The smallest absolute Gasteiger partial charge is 0.201 e. The van der Waals surface area contributed by atoms with Crippen molar-refractivity contribution in [2.45, 2.75) is 13.2 Å². The first-order valence-electron chi connectivity index (χ1n) is 5.93. The van der Waals surface area contributed by atoms with Gasteiger partial charge in [0.25, 0.3) is 0 Å². The highest BCUT2D eigenvalue weighted by molar-refractivity contribution is 5.46. The minimum Gasteiger partial charge on any atom is -0.485 e. The molecule has 0 saturated heterocycles. The zero-order valence-electron chi connectivity index (χ0n) is 9.98. The molecule has 0 amide bonds. The molecule has 6 nitrogen and oxygen atoms in total. The molecule has 4 rings (SSSR count). The second-order valence-corrected chi connectivity index (χ2v) is 4.29. The molecule has 0 spiro atoms. The monoisotopic (exact) mass is 254 g/mol. The molecule has 1 aromatic carbocycles. The van der Waals surface area contributed by atoms with Crippen LogP contribution in [-0.4, -0.2) is 19.7 Å². The minimum atomic E-state index is 0.401. The van der Waals surface area contributed by atoms with E-state index in [1.807, 2.05) is 28.8 Å². The summed E-state index contributed by atoms with van der Waals surface area (Å²) in [5.74, 6) is 2.95. The lowest BCUT2D eigenvalue weighted by atomic mass is 10.2. The Morgan fingerprint density at radius 3 is 3.00 bits per heavy atom. The van der Waals surface area contributed by atoms with Crippen LogP contribution in [0.1, 0.15) is 11.4 Å². The van der Waals surface area contributed by atoms with Gasteiger partial charge in [-0.15, -0.1) is 10.2 Å². The molecule has 0 fully saturated rings. The lowest BCUT2D eigenvalue weighted by molar-refractivity contribution is 0.297. The number of nitrogens with zero attached hydrogens (tertiary/aromatic N) is 4. The maximum Gasteiger partial charge on any atom is 0.201 e. The summed E-state index contributed by atoms with van der Waals surface area (Å²) in [4.78, 5) is 3.92. The van der Waals surface area contributed by atoms with Gasteiger partial charge in [0.1, 0.15) is 12.4 Å². The average molecular weight is 254 g/mol. The number of fused-ring (bicyclic) bond motifs is 2. The highest BCUT2D eigenvalue weighted by Gasteiger charge is 2.21. The zero-order valence-corrected chi connectivity index (χ0v) is 9.98. The van der Waals surface area contributed by atoms with Crippen LogP contribution in [0.3, 0.4) is 0 Å². The molecule has 94 valence electrons. The topological polar surface area (TPSA) is 66.0 Å². The van der Waals surface area contributed by atoms with E-state index < -0.39 is 0 Å². The molecular weight excluding hydrogens is 244 g/mol. The number of aromatic nitrogens is 4. The average Bonchev–Trinajstić information content (AvgIpc) is 3.04. The first-order valence-corrected chi connectivity index (χ1v) is 5.93. The van der Waals surface area contributed by atoms with Gasteiger partial charge in [0.05, 0.1) is 12.7 Å². The Bertz CT molecular complexity index is 718. The Morgan fingerprint density at radius 2 is 2.11 bits per heavy atom. The molecule has 1 aliphatic rings. The van der Waals surface area contributed by atoms with Crippen molar-refractivity contribution in [3.05, 3.63) is 48.2 Å². The van der Waals surface area contributed by atoms with Gasteiger partial charge in [-0.1, -0.05) is 18.2 Å². The van der Waals surface area contributed by atoms with Gasteiger partial charge in [0, 0.05) is 5.56 Å². The molecule has 0 saturated carbocycles. The normalized spacial score (nSPS) is 13.3. The van der Waals surface area contributed by atoms with Crippen LogP contribution in [0.2, 0.25) is 0 Å². The Morgan fingerprint density at radius 1 is 1.16 bits per heavy atom. The fraction of sp³-hybridized carbons (Fsp3) is 0.154. The Kier molecular flexibility index (Phi) is 2.14. The molecule has 0 N–H and O–H groups in total. The SMILES string of the molecule is c1ccc2c(c1)Cn1c(nnc1-c1cnco1)CO2. The van der Waals surface area contributed by atoms with Gasteiger partial charge in [-0.2, -0.15) is 0 Å². The molecule has 3 heterocycles. The maximum atomic E-state index is 5.74. The molecular formula is C13H10N4O2. The van der Waals surface area contributed by atoms with Crippen molar-refractivity contribution in [1.29, 1.82) is 0 Å². The van der Waals surface area contributed by atoms with E-state index in [1.54, 1.807) is 6.20 Å². The summed E-state index contributed by atoms with van der Waals surface area (Å²) in [7, 11) is 0. The molecule has 0 bridgehead atoms. The Balaban J connectivity index is 1.85. The number of oxazole rings is 1. The second-order valence-electron chi connectivity index (χ2n) is 4.29. The van der Waals surface area contributed by atoms with Crippen LogP contribution < -0.4 is 4.74 Å². The van der Waals surface area contributed by atoms with Crippen molar-refractivity contribution >= 4 is 0 Å². The van der Waals surface area contributed by atoms with Gasteiger partial charge in [0.15, 0.2) is 18.0 Å². The summed E-state index contributed by atoms with van der Waals surface area (Å²) in [6.07, 6.45) is 3.02. The number of hydrogen-bond acceptors (Lipinski definition) is 5. The van der Waals surface area contributed by atoms with Gasteiger partial charge in [-0.3, -0.25) is 0 Å². The summed E-state index contributed by atoms with van der Waals surface area (Å²) in [5.41, 5.74) is 1.10. The quantitative estimate of drug-likeness (QED) is 0.663. The lowest BCUT2D eigenvalue weighted by Gasteiger charge is -2.06. The van der Waals surface area contributed by atoms with Gasteiger partial charge < -0.3 is 13.7 Å². The zero-order chi connectivity index (χ0) is 12.7. The number of rotatable bonds is 1. The van der Waals surface area contributed by atoms with E-state index in [0.717, 1.165) is 17.1 Å². The van der Waals surface area contributed by atoms with Crippen LogP contribution >= 0.6 is 0 Å². The van der Waals surface area contributed by atoms with E-state index in [1.165, 1.54) is 6.39 Å². The van der Waals surface area contributed by atoms with Crippen molar-refractivity contribution in [3.8, 4) is 17.3 Å². The maximum absolute atomic E-state index is 5.74. The van der Waals surface area contributed by atoms with Crippen LogP contribution in [0.4, 0.5) is 0 Å². The minimum absolute atomic E-state index is 0.401. The molecule has 0 atom stereocenters. The molecule has 0 unspecified atom stereocenters. The predicted molar refractivity (Wildman–Crippen MR) is 65.4 cm³/mol. The van der Waals surface area contributed by atoms with E-state index in [0.29, 0.717) is 24.7 Å². The van der Waals surface area contributed by atoms with E-state index in [4.69, 9.17) is 9.15 Å². The molecule has 19 heavy (non-hydrogen) atoms. The largest absolute Gasteiger partial charge is 0.485 e. The number of hydrogen-bond donors (Lipinski definition) is 0. The molecule has 6 heteroatoms. The van der Waals surface area contributed by atoms with Gasteiger partial charge >= 0.3 is 0 Å². The standard InChI is InChI=1S/C13H10N4O2/c1-2-4-10-9(3-1)6-17-12(7-18-10)15-16-13(17)11-5-14-8-19-11/h1-5,8H,6-7H2. The Hall–Kier alpha value is -2.63. The molecule has 2 aromatic heterocycles. The van der Waals surface area contributed by atoms with Gasteiger partial charge in [0.2, 0.25) is 5.82 Å². The van der Waals surface area contributed by atoms with Crippen molar-refractivity contribution in [3.63, 3.8) is 0 Å². The third kappa shape index (κ3) is 1.61. The van der Waals surface area contributed by atoms with E-state index >= 15 is 0 Å². The summed E-state index contributed by atoms with van der Waals surface area (Å²) in [5, 5.41) is 8.31. The predicted octanol–water partition coefficient (Wildman–Crippen LogP) is 1.87. The summed E-state index contributed by atoms with van der Waals surface area (Å²) >= 11 is 0. The van der Waals surface area contributed by atoms with Crippen molar-refractivity contribution in [1.82, 2.24) is 19.7 Å². The first kappa shape index (κ1) is 10.3. The van der Waals surface area contributed by atoms with Crippen LogP contribution in [0.15, 0.2) is 41.3 Å². The van der Waals surface area contributed by atoms with Crippen LogP contribution in [-0.2, 0) is 13.2 Å². The fourth-order valence-electron chi connectivity index (χ4n) is 2.20. The second kappa shape index (κ2) is 3.94. The Labute approximate surface area is 108 Å². The van der Waals surface area contributed by atoms with Crippen molar-refractivity contribution in [2.24, 2.45) is 0 Å². The number of para-hydroxylation sites is 1. The summed E-state index contributed by atoms with van der Waals surface area (Å²) in [6, 6.07) is 7.95. The number of benzene rings is 1. The van der Waals surface area contributed by atoms with Gasteiger partial charge in [-0.05, 0) is 6.07 Å². The van der Waals surface area contributed by atoms with Crippen molar-refractivity contribution in [2.75, 3.05) is 0 Å². The molecule has 3 aromatic rings. The third-order valence-corrected chi connectivity index (χ3v) is 3.14. The highest BCUT2D eigenvalue weighted by Crippen LogP contribution is 2.27. The van der Waals surface area contributed by atoms with Crippen LogP contribution in [0.25, 0.3) is 11.6 Å². The van der Waals surface area contributed by atoms with Gasteiger partial charge in [-0.25, -0.2) is 4.98 Å². The lowest BCUT2D eigenvalue weighted by Crippen LogP contribution is -2.04. The molecule has 0 radical (unpaired) electrons. The third-order valence-electron chi connectivity index (χ3n) is 3.14. The molecule has 1 aliphatic heterocycles. The summed E-state index contributed by atoms with van der Waals surface area (Å²) in [6.45, 7) is 1.06. The molecule has 0 aliphatic carbocycles. The fourth-order valence-corrected chi connectivity index (χ4v) is 2.20. The number of ether oxygens (including phenoxy) is 1. The van der Waals surface area contributed by atoms with E-state index in [2.05, 4.69) is 15.2 Å². The highest BCUT2D eigenvalue weighted by atomic mass is 16.5. The van der Waals surface area contributed by atoms with Crippen molar-refractivity contribution < 1.29 is 9.15 Å². The first-order chi connectivity index (χ1) is 9.42.